The van der Waals surface area contributed by atoms with Crippen LogP contribution in [0, 0.1) is 12.8 Å². The van der Waals surface area contributed by atoms with Crippen molar-refractivity contribution in [1.82, 2.24) is 0 Å². The second-order valence-corrected chi connectivity index (χ2v) is 6.79. The van der Waals surface area contributed by atoms with E-state index < -0.39 is 0 Å². The zero-order valence-electron chi connectivity index (χ0n) is 14.4. The molecule has 126 valence electrons. The molecule has 2 nitrogen and oxygen atoms in total. The standard InChI is InChI=1S/C20H27ClO2/c1-15(2)14-23-19-9-10-20(22-12-6-4-5-11-21)18-13-16(3)7-8-17(18)19/h7-10,13,15H,4-6,11-12,14H2,1-3H3. The molecule has 2 aromatic carbocycles. The first-order valence-electron chi connectivity index (χ1n) is 8.46. The second kappa shape index (κ2) is 9.02. The molecule has 0 radical (unpaired) electrons. The summed E-state index contributed by atoms with van der Waals surface area (Å²) in [5.41, 5.74) is 1.23. The molecule has 0 atom stereocenters. The van der Waals surface area contributed by atoms with Crippen molar-refractivity contribution >= 4 is 22.4 Å². The average Bonchev–Trinajstić information content (AvgIpc) is 2.53. The van der Waals surface area contributed by atoms with Gasteiger partial charge in [-0.3, -0.25) is 0 Å². The fraction of sp³-hybridized carbons (Fsp3) is 0.500. The maximum atomic E-state index is 6.00. The third kappa shape index (κ3) is 5.31. The first-order valence-corrected chi connectivity index (χ1v) is 9.00. The van der Waals surface area contributed by atoms with E-state index in [1.54, 1.807) is 0 Å². The Morgan fingerprint density at radius 2 is 1.65 bits per heavy atom. The molecule has 0 saturated carbocycles. The molecule has 0 heterocycles. The first-order chi connectivity index (χ1) is 11.1. The second-order valence-electron chi connectivity index (χ2n) is 6.41. The SMILES string of the molecule is Cc1ccc2c(OCC(C)C)ccc(OCCCCCCl)c2c1. The molecule has 2 aromatic rings. The van der Waals surface area contributed by atoms with E-state index in [1.807, 2.05) is 12.1 Å². The lowest BCUT2D eigenvalue weighted by molar-refractivity contribution is 0.273. The number of fused-ring (bicyclic) bond motifs is 1. The summed E-state index contributed by atoms with van der Waals surface area (Å²) in [7, 11) is 0. The highest BCUT2D eigenvalue weighted by Crippen LogP contribution is 2.34. The van der Waals surface area contributed by atoms with Gasteiger partial charge in [0.05, 0.1) is 13.2 Å². The molecule has 0 aliphatic heterocycles. The Hall–Kier alpha value is -1.41. The van der Waals surface area contributed by atoms with Gasteiger partial charge in [-0.1, -0.05) is 31.5 Å². The molecule has 0 aromatic heterocycles. The van der Waals surface area contributed by atoms with Crippen molar-refractivity contribution < 1.29 is 9.47 Å². The minimum Gasteiger partial charge on any atom is -0.493 e. The van der Waals surface area contributed by atoms with E-state index in [0.717, 1.165) is 60.6 Å². The molecule has 0 aliphatic carbocycles. The Morgan fingerprint density at radius 1 is 0.913 bits per heavy atom. The zero-order chi connectivity index (χ0) is 16.7. The summed E-state index contributed by atoms with van der Waals surface area (Å²) in [5.74, 6) is 3.10. The highest BCUT2D eigenvalue weighted by molar-refractivity contribution is 6.17. The van der Waals surface area contributed by atoms with E-state index in [-0.39, 0.29) is 0 Å². The third-order valence-electron chi connectivity index (χ3n) is 3.70. The number of halogens is 1. The van der Waals surface area contributed by atoms with Crippen LogP contribution in [0.5, 0.6) is 11.5 Å². The van der Waals surface area contributed by atoms with Gasteiger partial charge >= 0.3 is 0 Å². The normalized spacial score (nSPS) is 11.2. The molecule has 3 heteroatoms. The Morgan fingerprint density at radius 3 is 2.35 bits per heavy atom. The third-order valence-corrected chi connectivity index (χ3v) is 3.97. The van der Waals surface area contributed by atoms with Gasteiger partial charge in [0.1, 0.15) is 11.5 Å². The van der Waals surface area contributed by atoms with Crippen molar-refractivity contribution in [1.29, 1.82) is 0 Å². The number of hydrogen-bond donors (Lipinski definition) is 0. The summed E-state index contributed by atoms with van der Waals surface area (Å²) in [4.78, 5) is 0. The minimum atomic E-state index is 0.508. The van der Waals surface area contributed by atoms with Crippen LogP contribution in [0.4, 0.5) is 0 Å². The summed E-state index contributed by atoms with van der Waals surface area (Å²) >= 11 is 5.71. The lowest BCUT2D eigenvalue weighted by Crippen LogP contribution is -2.05. The molecule has 0 spiro atoms. The van der Waals surface area contributed by atoms with Crippen LogP contribution in [0.15, 0.2) is 30.3 Å². The molecule has 2 rings (SSSR count). The molecule has 0 saturated heterocycles. The lowest BCUT2D eigenvalue weighted by atomic mass is 10.1. The van der Waals surface area contributed by atoms with E-state index in [9.17, 15) is 0 Å². The van der Waals surface area contributed by atoms with Crippen molar-refractivity contribution in [2.24, 2.45) is 5.92 Å². The summed E-state index contributed by atoms with van der Waals surface area (Å²) in [6.07, 6.45) is 3.19. The van der Waals surface area contributed by atoms with Gasteiger partial charge in [-0.05, 0) is 50.3 Å². The van der Waals surface area contributed by atoms with Crippen LogP contribution in [-0.4, -0.2) is 19.1 Å². The van der Waals surface area contributed by atoms with Gasteiger partial charge in [0.15, 0.2) is 0 Å². The van der Waals surface area contributed by atoms with Crippen LogP contribution in [0.2, 0.25) is 0 Å². The van der Waals surface area contributed by atoms with Gasteiger partial charge in [-0.25, -0.2) is 0 Å². The van der Waals surface area contributed by atoms with Gasteiger partial charge in [0.2, 0.25) is 0 Å². The molecular formula is C20H27ClO2. The topological polar surface area (TPSA) is 18.5 Å². The van der Waals surface area contributed by atoms with E-state index >= 15 is 0 Å². The van der Waals surface area contributed by atoms with Crippen LogP contribution in [-0.2, 0) is 0 Å². The van der Waals surface area contributed by atoms with Crippen LogP contribution >= 0.6 is 11.6 Å². The molecule has 23 heavy (non-hydrogen) atoms. The predicted molar refractivity (Wildman–Crippen MR) is 99.1 cm³/mol. The number of ether oxygens (including phenoxy) is 2. The number of benzene rings is 2. The van der Waals surface area contributed by atoms with E-state index in [1.165, 1.54) is 5.56 Å². The zero-order valence-corrected chi connectivity index (χ0v) is 15.2. The monoisotopic (exact) mass is 334 g/mol. The van der Waals surface area contributed by atoms with Gasteiger partial charge < -0.3 is 9.47 Å². The number of hydrogen-bond acceptors (Lipinski definition) is 2. The smallest absolute Gasteiger partial charge is 0.127 e. The van der Waals surface area contributed by atoms with Crippen molar-refractivity contribution in [3.05, 3.63) is 35.9 Å². The maximum absolute atomic E-state index is 6.00. The summed E-state index contributed by atoms with van der Waals surface area (Å²) in [6.45, 7) is 7.87. The molecule has 0 unspecified atom stereocenters. The Kier molecular flexibility index (Phi) is 7.04. The Labute approximate surface area is 144 Å². The number of alkyl halides is 1. The first kappa shape index (κ1) is 17.9. The van der Waals surface area contributed by atoms with Crippen molar-refractivity contribution in [3.63, 3.8) is 0 Å². The van der Waals surface area contributed by atoms with Crippen molar-refractivity contribution in [3.8, 4) is 11.5 Å². The molecule has 0 fully saturated rings. The fourth-order valence-electron chi connectivity index (χ4n) is 2.47. The van der Waals surface area contributed by atoms with Crippen LogP contribution in [0.25, 0.3) is 10.8 Å². The predicted octanol–water partition coefficient (Wildman–Crippen LogP) is 5.97. The summed E-state index contributed by atoms with van der Waals surface area (Å²) in [5, 5.41) is 2.25. The van der Waals surface area contributed by atoms with Crippen LogP contribution in [0.3, 0.4) is 0 Å². The summed E-state index contributed by atoms with van der Waals surface area (Å²) in [6, 6.07) is 10.5. The lowest BCUT2D eigenvalue weighted by Gasteiger charge is -2.15. The van der Waals surface area contributed by atoms with Gasteiger partial charge in [0, 0.05) is 16.7 Å². The average molecular weight is 335 g/mol. The van der Waals surface area contributed by atoms with Gasteiger partial charge in [-0.2, -0.15) is 0 Å². The van der Waals surface area contributed by atoms with Crippen LogP contribution in [0.1, 0.15) is 38.7 Å². The fourth-order valence-corrected chi connectivity index (χ4v) is 2.66. The number of aryl methyl sites for hydroxylation is 1. The van der Waals surface area contributed by atoms with Crippen molar-refractivity contribution in [2.45, 2.75) is 40.0 Å². The largest absolute Gasteiger partial charge is 0.493 e. The Balaban J connectivity index is 2.17. The highest BCUT2D eigenvalue weighted by atomic mass is 35.5. The number of rotatable bonds is 9. The van der Waals surface area contributed by atoms with Crippen molar-refractivity contribution in [2.75, 3.05) is 19.1 Å². The number of unbranched alkanes of at least 4 members (excludes halogenated alkanes) is 2. The Bertz CT molecular complexity index is 622. The molecule has 0 amide bonds. The van der Waals surface area contributed by atoms with E-state index in [4.69, 9.17) is 21.1 Å². The van der Waals surface area contributed by atoms with E-state index in [0.29, 0.717) is 5.92 Å². The molecule has 0 bridgehead atoms. The van der Waals surface area contributed by atoms with Gasteiger partial charge in [-0.15, -0.1) is 11.6 Å². The minimum absolute atomic E-state index is 0.508. The van der Waals surface area contributed by atoms with E-state index in [2.05, 4.69) is 39.0 Å². The van der Waals surface area contributed by atoms with Gasteiger partial charge in [0.25, 0.3) is 0 Å². The summed E-state index contributed by atoms with van der Waals surface area (Å²) < 4.78 is 12.0. The quantitative estimate of drug-likeness (QED) is 0.415. The molecule has 0 N–H and O–H groups in total. The molecular weight excluding hydrogens is 308 g/mol. The maximum Gasteiger partial charge on any atom is 0.127 e. The highest BCUT2D eigenvalue weighted by Gasteiger charge is 2.09. The van der Waals surface area contributed by atoms with Crippen LogP contribution < -0.4 is 9.47 Å². The molecule has 0 aliphatic rings.